The fourth-order valence-corrected chi connectivity index (χ4v) is 3.53. The smallest absolute Gasteiger partial charge is 0.142 e. The zero-order valence-electron chi connectivity index (χ0n) is 10.3. The average molecular weight is 252 g/mol. The predicted octanol–water partition coefficient (Wildman–Crippen LogP) is 2.11. The van der Waals surface area contributed by atoms with E-state index in [4.69, 9.17) is 5.73 Å². The Labute approximate surface area is 106 Å². The molecule has 1 saturated carbocycles. The second kappa shape index (κ2) is 4.46. The third kappa shape index (κ3) is 2.40. The zero-order chi connectivity index (χ0) is 11.8. The molecule has 1 saturated heterocycles. The van der Waals surface area contributed by atoms with Gasteiger partial charge in [-0.2, -0.15) is 4.37 Å². The Bertz CT molecular complexity index is 399. The monoisotopic (exact) mass is 252 g/mol. The van der Waals surface area contributed by atoms with Gasteiger partial charge >= 0.3 is 0 Å². The number of nitrogens with two attached hydrogens (primary N) is 1. The lowest BCUT2D eigenvalue weighted by molar-refractivity contribution is 0.261. The van der Waals surface area contributed by atoms with Crippen LogP contribution in [-0.2, 0) is 0 Å². The van der Waals surface area contributed by atoms with Gasteiger partial charge in [-0.15, -0.1) is 0 Å². The van der Waals surface area contributed by atoms with Crippen LogP contribution in [0.4, 0.5) is 10.8 Å². The van der Waals surface area contributed by atoms with E-state index in [1.165, 1.54) is 54.3 Å². The summed E-state index contributed by atoms with van der Waals surface area (Å²) in [5.41, 5.74) is 7.26. The molecule has 3 rings (SSSR count). The van der Waals surface area contributed by atoms with Gasteiger partial charge in [-0.3, -0.25) is 0 Å². The molecule has 1 aromatic heterocycles. The summed E-state index contributed by atoms with van der Waals surface area (Å²) >= 11 is 1.53. The van der Waals surface area contributed by atoms with Crippen molar-refractivity contribution in [3.8, 4) is 0 Å². The molecule has 1 aliphatic heterocycles. The minimum atomic E-state index is 0.561. The molecule has 0 aromatic carbocycles. The van der Waals surface area contributed by atoms with Gasteiger partial charge in [0.05, 0.1) is 0 Å². The van der Waals surface area contributed by atoms with E-state index in [1.54, 1.807) is 0 Å². The third-order valence-electron chi connectivity index (χ3n) is 3.70. The molecule has 1 unspecified atom stereocenters. The molecule has 2 fully saturated rings. The Morgan fingerprint density at radius 2 is 2.24 bits per heavy atom. The Balaban J connectivity index is 1.71. The maximum absolute atomic E-state index is 5.96. The first-order valence-corrected chi connectivity index (χ1v) is 7.21. The predicted molar refractivity (Wildman–Crippen MR) is 72.6 cm³/mol. The highest BCUT2D eigenvalue weighted by molar-refractivity contribution is 7.10. The van der Waals surface area contributed by atoms with Crippen molar-refractivity contribution in [2.75, 3.05) is 31.2 Å². The maximum atomic E-state index is 5.96. The van der Waals surface area contributed by atoms with E-state index in [0.29, 0.717) is 12.0 Å². The molecule has 1 aromatic rings. The van der Waals surface area contributed by atoms with Crippen molar-refractivity contribution >= 4 is 22.4 Å². The zero-order valence-corrected chi connectivity index (χ0v) is 11.1. The fourth-order valence-electron chi connectivity index (χ4n) is 2.65. The number of anilines is 2. The van der Waals surface area contributed by atoms with Crippen LogP contribution in [0, 0.1) is 0 Å². The number of nitrogens with zero attached hydrogens (tertiary/aromatic N) is 2. The van der Waals surface area contributed by atoms with Crippen molar-refractivity contribution in [3.05, 3.63) is 5.56 Å². The minimum absolute atomic E-state index is 0.561. The number of piperidine rings is 1. The average Bonchev–Trinajstić information content (AvgIpc) is 3.05. The van der Waals surface area contributed by atoms with E-state index in [1.807, 2.05) is 0 Å². The number of nitrogens with one attached hydrogen (secondary N) is 1. The molecule has 3 N–H and O–H groups in total. The topological polar surface area (TPSA) is 54.2 Å². The second-order valence-electron chi connectivity index (χ2n) is 5.33. The van der Waals surface area contributed by atoms with Crippen LogP contribution in [0.2, 0.25) is 0 Å². The number of likely N-dealkylation sites (N-methyl/N-ethyl adjacent to an activating group) is 1. The summed E-state index contributed by atoms with van der Waals surface area (Å²) in [5, 5.41) is 4.88. The van der Waals surface area contributed by atoms with Crippen LogP contribution in [0.3, 0.4) is 0 Å². The summed E-state index contributed by atoms with van der Waals surface area (Å²) < 4.78 is 4.31. The van der Waals surface area contributed by atoms with Crippen molar-refractivity contribution in [2.24, 2.45) is 0 Å². The van der Waals surface area contributed by atoms with Gasteiger partial charge in [0, 0.05) is 18.2 Å². The lowest BCUT2D eigenvalue weighted by atomic mass is 10.1. The molecule has 0 spiro atoms. The number of aromatic nitrogens is 1. The summed E-state index contributed by atoms with van der Waals surface area (Å²) in [4.78, 5) is 2.39. The van der Waals surface area contributed by atoms with Gasteiger partial charge in [0.15, 0.2) is 0 Å². The molecule has 94 valence electrons. The molecule has 1 aliphatic carbocycles. The lowest BCUT2D eigenvalue weighted by Crippen LogP contribution is -2.39. The van der Waals surface area contributed by atoms with Crippen LogP contribution in [0.1, 0.15) is 37.2 Å². The molecule has 0 amide bonds. The first kappa shape index (κ1) is 11.3. The molecule has 2 heterocycles. The molecule has 0 bridgehead atoms. The normalized spacial score (nSPS) is 26.1. The van der Waals surface area contributed by atoms with Gasteiger partial charge in [-0.05, 0) is 56.7 Å². The second-order valence-corrected chi connectivity index (χ2v) is 6.10. The Morgan fingerprint density at radius 3 is 2.94 bits per heavy atom. The van der Waals surface area contributed by atoms with Crippen molar-refractivity contribution in [1.82, 2.24) is 9.27 Å². The van der Waals surface area contributed by atoms with E-state index in [9.17, 15) is 0 Å². The van der Waals surface area contributed by atoms with E-state index < -0.39 is 0 Å². The van der Waals surface area contributed by atoms with Crippen LogP contribution in [0.5, 0.6) is 0 Å². The van der Waals surface area contributed by atoms with E-state index in [-0.39, 0.29) is 0 Å². The van der Waals surface area contributed by atoms with Crippen molar-refractivity contribution in [3.63, 3.8) is 0 Å². The first-order valence-electron chi connectivity index (χ1n) is 6.44. The maximum Gasteiger partial charge on any atom is 0.142 e. The highest BCUT2D eigenvalue weighted by Crippen LogP contribution is 2.47. The van der Waals surface area contributed by atoms with Crippen LogP contribution in [-0.4, -0.2) is 35.5 Å². The van der Waals surface area contributed by atoms with E-state index in [0.717, 1.165) is 12.4 Å². The van der Waals surface area contributed by atoms with Gasteiger partial charge in [0.25, 0.3) is 0 Å². The third-order valence-corrected chi connectivity index (χ3v) is 4.51. The molecule has 17 heavy (non-hydrogen) atoms. The first-order chi connectivity index (χ1) is 8.24. The van der Waals surface area contributed by atoms with Crippen LogP contribution < -0.4 is 11.1 Å². The van der Waals surface area contributed by atoms with Gasteiger partial charge in [-0.1, -0.05) is 0 Å². The lowest BCUT2D eigenvalue weighted by Gasteiger charge is -2.30. The van der Waals surface area contributed by atoms with Gasteiger partial charge in [-0.25, -0.2) is 0 Å². The standard InChI is InChI=1S/C12H20N4S/c1-16-6-2-3-9(7-16)14-12-10(8-4-5-8)11(13)15-17-12/h8-9,14H,2-7H2,1H3,(H2,13,15). The Kier molecular flexibility index (Phi) is 2.96. The van der Waals surface area contributed by atoms with Crippen molar-refractivity contribution < 1.29 is 0 Å². The summed E-state index contributed by atoms with van der Waals surface area (Å²) in [6.07, 6.45) is 5.09. The summed E-state index contributed by atoms with van der Waals surface area (Å²) in [7, 11) is 2.19. The highest BCUT2D eigenvalue weighted by atomic mass is 32.1. The quantitative estimate of drug-likeness (QED) is 0.865. The molecule has 1 atom stereocenters. The highest BCUT2D eigenvalue weighted by Gasteiger charge is 2.31. The van der Waals surface area contributed by atoms with E-state index >= 15 is 0 Å². The number of nitrogen functional groups attached to an aromatic ring is 1. The van der Waals surface area contributed by atoms with E-state index in [2.05, 4.69) is 21.6 Å². The largest absolute Gasteiger partial charge is 0.383 e. The van der Waals surface area contributed by atoms with Crippen molar-refractivity contribution in [1.29, 1.82) is 0 Å². The molecule has 4 nitrogen and oxygen atoms in total. The number of likely N-dealkylation sites (tertiary alicyclic amines) is 1. The van der Waals surface area contributed by atoms with Crippen molar-refractivity contribution in [2.45, 2.75) is 37.6 Å². The molecular weight excluding hydrogens is 232 g/mol. The molecule has 2 aliphatic rings. The summed E-state index contributed by atoms with van der Waals surface area (Å²) in [5.74, 6) is 1.43. The van der Waals surface area contributed by atoms with Crippen LogP contribution in [0.25, 0.3) is 0 Å². The Morgan fingerprint density at radius 1 is 1.41 bits per heavy atom. The number of rotatable bonds is 3. The van der Waals surface area contributed by atoms with Gasteiger partial charge < -0.3 is 16.0 Å². The van der Waals surface area contributed by atoms with Crippen LogP contribution >= 0.6 is 11.5 Å². The molecule has 5 heteroatoms. The SMILES string of the molecule is CN1CCCC(Nc2snc(N)c2C2CC2)C1. The summed E-state index contributed by atoms with van der Waals surface area (Å²) in [6.45, 7) is 2.35. The van der Waals surface area contributed by atoms with Gasteiger partial charge in [0.1, 0.15) is 10.8 Å². The fraction of sp³-hybridized carbons (Fsp3) is 0.750. The Hall–Kier alpha value is -0.810. The van der Waals surface area contributed by atoms with Crippen LogP contribution in [0.15, 0.2) is 0 Å². The van der Waals surface area contributed by atoms with Gasteiger partial charge in [0.2, 0.25) is 0 Å². The molecule has 0 radical (unpaired) electrons. The minimum Gasteiger partial charge on any atom is -0.383 e. The number of hydrogen-bond donors (Lipinski definition) is 2. The summed E-state index contributed by atoms with van der Waals surface area (Å²) in [6, 6.07) is 0.561. The molecular formula is C12H20N4S. The number of hydrogen-bond acceptors (Lipinski definition) is 5.